The van der Waals surface area contributed by atoms with Crippen LogP contribution in [0.5, 0.6) is 0 Å². The summed E-state index contributed by atoms with van der Waals surface area (Å²) < 4.78 is 0. The molecule has 1 unspecified atom stereocenters. The van der Waals surface area contributed by atoms with Gasteiger partial charge in [0.1, 0.15) is 0 Å². The Morgan fingerprint density at radius 2 is 2.25 bits per heavy atom. The molecule has 4 heteroatoms. The molecule has 0 saturated heterocycles. The van der Waals surface area contributed by atoms with E-state index in [1.807, 2.05) is 29.6 Å². The number of hydrogen-bond donors (Lipinski definition) is 2. The number of aromatic nitrogens is 1. The number of nitrogens with zero attached hydrogens (tertiary/aromatic N) is 1. The molecule has 0 aliphatic heterocycles. The number of aliphatic hydroxyl groups excluding tert-OH is 1. The average molecular weight is 234 g/mol. The molecule has 2 aromatic rings. The number of hydrogen-bond acceptors (Lipinski definition) is 4. The second-order valence-corrected chi connectivity index (χ2v) is 4.45. The summed E-state index contributed by atoms with van der Waals surface area (Å²) in [5.74, 6) is 0. The van der Waals surface area contributed by atoms with Gasteiger partial charge in [-0.15, -0.1) is 0 Å². The molecule has 3 N–H and O–H groups in total. The van der Waals surface area contributed by atoms with Crippen LogP contribution >= 0.6 is 11.3 Å². The molecular formula is C12H14N2OS. The third-order valence-electron chi connectivity index (χ3n) is 2.33. The van der Waals surface area contributed by atoms with Crippen molar-refractivity contribution < 1.29 is 5.11 Å². The van der Waals surface area contributed by atoms with E-state index in [1.54, 1.807) is 11.3 Å². The Hall–Kier alpha value is -1.23. The van der Waals surface area contributed by atoms with E-state index in [1.165, 1.54) is 0 Å². The van der Waals surface area contributed by atoms with Crippen molar-refractivity contribution in [2.24, 2.45) is 5.73 Å². The predicted molar refractivity (Wildman–Crippen MR) is 66.3 cm³/mol. The summed E-state index contributed by atoms with van der Waals surface area (Å²) in [5, 5.41) is 13.0. The Balaban J connectivity index is 2.20. The summed E-state index contributed by atoms with van der Waals surface area (Å²) in [4.78, 5) is 4.52. The van der Waals surface area contributed by atoms with Crippen LogP contribution in [0.15, 0.2) is 35.0 Å². The molecule has 2 rings (SSSR count). The summed E-state index contributed by atoms with van der Waals surface area (Å²) >= 11 is 1.65. The molecule has 0 bridgehead atoms. The fourth-order valence-electron chi connectivity index (χ4n) is 1.50. The zero-order valence-corrected chi connectivity index (χ0v) is 9.65. The summed E-state index contributed by atoms with van der Waals surface area (Å²) in [7, 11) is 0. The largest absolute Gasteiger partial charge is 0.395 e. The second kappa shape index (κ2) is 5.21. The first kappa shape index (κ1) is 11.3. The summed E-state index contributed by atoms with van der Waals surface area (Å²) in [5.41, 5.74) is 8.70. The molecule has 1 atom stereocenters. The fraction of sp³-hybridized carbons (Fsp3) is 0.250. The van der Waals surface area contributed by atoms with Crippen LogP contribution < -0.4 is 5.73 Å². The molecule has 3 nitrogen and oxygen atoms in total. The average Bonchev–Trinajstić information content (AvgIpc) is 2.83. The standard InChI is InChI=1S/C12H14N2OS/c13-10(7-15)6-11-2-1-3-12(14-11)9-4-5-16-8-9/h1-5,8,10,15H,6-7,13H2. The van der Waals surface area contributed by atoms with Gasteiger partial charge in [-0.2, -0.15) is 11.3 Å². The van der Waals surface area contributed by atoms with Crippen molar-refractivity contribution in [3.63, 3.8) is 0 Å². The molecule has 0 aliphatic carbocycles. The van der Waals surface area contributed by atoms with Gasteiger partial charge in [-0.05, 0) is 23.6 Å². The first-order valence-electron chi connectivity index (χ1n) is 5.14. The Morgan fingerprint density at radius 1 is 1.38 bits per heavy atom. The van der Waals surface area contributed by atoms with E-state index in [2.05, 4.69) is 10.4 Å². The SMILES string of the molecule is NC(CO)Cc1cccc(-c2ccsc2)n1. The van der Waals surface area contributed by atoms with Crippen LogP contribution in [0.3, 0.4) is 0 Å². The van der Waals surface area contributed by atoms with Crippen molar-refractivity contribution in [1.82, 2.24) is 4.98 Å². The minimum Gasteiger partial charge on any atom is -0.395 e. The van der Waals surface area contributed by atoms with E-state index >= 15 is 0 Å². The van der Waals surface area contributed by atoms with Crippen LogP contribution in [0, 0.1) is 0 Å². The Kier molecular flexibility index (Phi) is 3.66. The highest BCUT2D eigenvalue weighted by Gasteiger charge is 2.05. The summed E-state index contributed by atoms with van der Waals surface area (Å²) in [6, 6.07) is 7.70. The van der Waals surface area contributed by atoms with E-state index in [4.69, 9.17) is 10.8 Å². The van der Waals surface area contributed by atoms with Gasteiger partial charge in [0.05, 0.1) is 12.3 Å². The van der Waals surface area contributed by atoms with Gasteiger partial charge in [0.2, 0.25) is 0 Å². The van der Waals surface area contributed by atoms with Gasteiger partial charge in [0.25, 0.3) is 0 Å². The highest BCUT2D eigenvalue weighted by molar-refractivity contribution is 7.08. The van der Waals surface area contributed by atoms with Gasteiger partial charge < -0.3 is 10.8 Å². The lowest BCUT2D eigenvalue weighted by Gasteiger charge is -2.08. The number of pyridine rings is 1. The highest BCUT2D eigenvalue weighted by Crippen LogP contribution is 2.20. The second-order valence-electron chi connectivity index (χ2n) is 3.67. The van der Waals surface area contributed by atoms with E-state index in [9.17, 15) is 0 Å². The maximum atomic E-state index is 8.90. The van der Waals surface area contributed by atoms with Gasteiger partial charge >= 0.3 is 0 Å². The first-order chi connectivity index (χ1) is 7.79. The minimum absolute atomic E-state index is 0.00956. The molecule has 2 aromatic heterocycles. The monoisotopic (exact) mass is 234 g/mol. The molecular weight excluding hydrogens is 220 g/mol. The van der Waals surface area contributed by atoms with Gasteiger partial charge in [0, 0.05) is 29.1 Å². The molecule has 0 spiro atoms. The third-order valence-corrected chi connectivity index (χ3v) is 3.01. The number of nitrogens with two attached hydrogens (primary N) is 1. The minimum atomic E-state index is -0.231. The van der Waals surface area contributed by atoms with Crippen molar-refractivity contribution in [2.75, 3.05) is 6.61 Å². The summed E-state index contributed by atoms with van der Waals surface area (Å²) in [6.45, 7) is -0.00956. The maximum absolute atomic E-state index is 8.90. The van der Waals surface area contributed by atoms with Crippen LogP contribution in [-0.2, 0) is 6.42 Å². The smallest absolute Gasteiger partial charge is 0.0713 e. The fourth-order valence-corrected chi connectivity index (χ4v) is 2.15. The Bertz CT molecular complexity index is 442. The Morgan fingerprint density at radius 3 is 2.94 bits per heavy atom. The van der Waals surface area contributed by atoms with Crippen LogP contribution in [0.1, 0.15) is 5.69 Å². The molecule has 0 saturated carbocycles. The quantitative estimate of drug-likeness (QED) is 0.846. The van der Waals surface area contributed by atoms with Crippen molar-refractivity contribution >= 4 is 11.3 Å². The van der Waals surface area contributed by atoms with Gasteiger partial charge in [-0.25, -0.2) is 0 Å². The third kappa shape index (κ3) is 2.66. The zero-order chi connectivity index (χ0) is 11.4. The van der Waals surface area contributed by atoms with Crippen LogP contribution in [0.2, 0.25) is 0 Å². The lowest BCUT2D eigenvalue weighted by Crippen LogP contribution is -2.27. The van der Waals surface area contributed by atoms with Gasteiger partial charge in [0.15, 0.2) is 0 Å². The highest BCUT2D eigenvalue weighted by atomic mass is 32.1. The molecule has 84 valence electrons. The van der Waals surface area contributed by atoms with Crippen LogP contribution in [-0.4, -0.2) is 22.7 Å². The van der Waals surface area contributed by atoms with Crippen LogP contribution in [0.25, 0.3) is 11.3 Å². The van der Waals surface area contributed by atoms with E-state index in [0.29, 0.717) is 6.42 Å². The number of thiophene rings is 1. The predicted octanol–water partition coefficient (Wildman–Crippen LogP) is 1.67. The summed E-state index contributed by atoms with van der Waals surface area (Å²) in [6.07, 6.45) is 0.606. The molecule has 0 radical (unpaired) electrons. The van der Waals surface area contributed by atoms with Crippen LogP contribution in [0.4, 0.5) is 0 Å². The molecule has 2 heterocycles. The molecule has 0 fully saturated rings. The molecule has 16 heavy (non-hydrogen) atoms. The molecule has 0 aliphatic rings. The van der Waals surface area contributed by atoms with E-state index in [0.717, 1.165) is 17.0 Å². The molecule has 0 aromatic carbocycles. The normalized spacial score (nSPS) is 12.6. The van der Waals surface area contributed by atoms with E-state index in [-0.39, 0.29) is 12.6 Å². The molecule has 0 amide bonds. The first-order valence-corrected chi connectivity index (χ1v) is 6.09. The number of aliphatic hydroxyl groups is 1. The topological polar surface area (TPSA) is 59.1 Å². The van der Waals surface area contributed by atoms with Gasteiger partial charge in [-0.1, -0.05) is 6.07 Å². The number of rotatable bonds is 4. The van der Waals surface area contributed by atoms with Crippen molar-refractivity contribution in [3.8, 4) is 11.3 Å². The lowest BCUT2D eigenvalue weighted by molar-refractivity contribution is 0.264. The zero-order valence-electron chi connectivity index (χ0n) is 8.84. The van der Waals surface area contributed by atoms with Crippen molar-refractivity contribution in [2.45, 2.75) is 12.5 Å². The Labute approximate surface area is 98.6 Å². The van der Waals surface area contributed by atoms with Crippen molar-refractivity contribution in [3.05, 3.63) is 40.7 Å². The van der Waals surface area contributed by atoms with Crippen molar-refractivity contribution in [1.29, 1.82) is 0 Å². The van der Waals surface area contributed by atoms with Gasteiger partial charge in [-0.3, -0.25) is 4.98 Å². The lowest BCUT2D eigenvalue weighted by atomic mass is 10.1. The maximum Gasteiger partial charge on any atom is 0.0713 e. The van der Waals surface area contributed by atoms with E-state index < -0.39 is 0 Å².